The molecule has 20 heavy (non-hydrogen) atoms. The number of methoxy groups -OCH3 is 1. The van der Waals surface area contributed by atoms with Crippen LogP contribution in [0.1, 0.15) is 18.9 Å². The van der Waals surface area contributed by atoms with E-state index in [-0.39, 0.29) is 18.9 Å². The van der Waals surface area contributed by atoms with E-state index in [4.69, 9.17) is 4.74 Å². The van der Waals surface area contributed by atoms with E-state index in [1.54, 1.807) is 14.0 Å². The molecular formula is C13H17BrN2O4. The quantitative estimate of drug-likeness (QED) is 0.802. The molecule has 2 N–H and O–H groups in total. The summed E-state index contributed by atoms with van der Waals surface area (Å²) < 4.78 is 10.6. The number of hydrogen-bond acceptors (Lipinski definition) is 4. The summed E-state index contributed by atoms with van der Waals surface area (Å²) in [6, 6.07) is 5.61. The molecule has 0 unspecified atom stereocenters. The molecular weight excluding hydrogens is 328 g/mol. The SMILES string of the molecule is CCOC(=O)NNC(=O)CCc1ccc(OC)c(Br)c1. The second kappa shape index (κ2) is 8.42. The first-order valence-corrected chi connectivity index (χ1v) is 6.90. The first-order chi connectivity index (χ1) is 9.56. The molecule has 7 heteroatoms. The first kappa shape index (κ1) is 16.3. The summed E-state index contributed by atoms with van der Waals surface area (Å²) in [5.74, 6) is 0.451. The summed E-state index contributed by atoms with van der Waals surface area (Å²) in [6.07, 6.45) is 0.137. The Labute approximate surface area is 125 Å². The van der Waals surface area contributed by atoms with Gasteiger partial charge in [-0.3, -0.25) is 10.2 Å². The third-order valence-corrected chi connectivity index (χ3v) is 3.06. The highest BCUT2D eigenvalue weighted by Crippen LogP contribution is 2.25. The molecule has 6 nitrogen and oxygen atoms in total. The summed E-state index contributed by atoms with van der Waals surface area (Å²) in [5.41, 5.74) is 5.42. The minimum Gasteiger partial charge on any atom is -0.496 e. The molecule has 0 radical (unpaired) electrons. The molecule has 1 aromatic rings. The normalized spacial score (nSPS) is 9.75. The number of nitrogens with one attached hydrogen (secondary N) is 2. The van der Waals surface area contributed by atoms with E-state index in [1.165, 1.54) is 0 Å². The molecule has 1 aromatic carbocycles. The van der Waals surface area contributed by atoms with Crippen molar-refractivity contribution < 1.29 is 19.1 Å². The smallest absolute Gasteiger partial charge is 0.426 e. The van der Waals surface area contributed by atoms with Crippen molar-refractivity contribution in [3.63, 3.8) is 0 Å². The van der Waals surface area contributed by atoms with E-state index >= 15 is 0 Å². The highest BCUT2D eigenvalue weighted by Gasteiger charge is 2.06. The number of hydrazine groups is 1. The molecule has 0 aliphatic rings. The predicted octanol–water partition coefficient (Wildman–Crippen LogP) is 2.17. The standard InChI is InChI=1S/C13H17BrN2O4/c1-3-20-13(18)16-15-12(17)7-5-9-4-6-11(19-2)10(14)8-9/h4,6,8H,3,5,7H2,1-2H3,(H,15,17)(H,16,18). The third-order valence-electron chi connectivity index (χ3n) is 2.44. The van der Waals surface area contributed by atoms with Crippen molar-refractivity contribution in [1.82, 2.24) is 10.9 Å². The predicted molar refractivity (Wildman–Crippen MR) is 77.3 cm³/mol. The van der Waals surface area contributed by atoms with Gasteiger partial charge in [0.15, 0.2) is 0 Å². The van der Waals surface area contributed by atoms with Crippen molar-refractivity contribution in [3.05, 3.63) is 28.2 Å². The van der Waals surface area contributed by atoms with Gasteiger partial charge >= 0.3 is 6.09 Å². The Kier molecular flexibility index (Phi) is 6.86. The topological polar surface area (TPSA) is 76.7 Å². The van der Waals surface area contributed by atoms with Crippen LogP contribution in [-0.4, -0.2) is 25.7 Å². The number of benzene rings is 1. The number of ether oxygens (including phenoxy) is 2. The lowest BCUT2D eigenvalue weighted by Gasteiger charge is -2.08. The van der Waals surface area contributed by atoms with Crippen molar-refractivity contribution in [2.45, 2.75) is 19.8 Å². The number of aryl methyl sites for hydroxylation is 1. The highest BCUT2D eigenvalue weighted by molar-refractivity contribution is 9.10. The average molecular weight is 345 g/mol. The summed E-state index contributed by atoms with van der Waals surface area (Å²) in [6.45, 7) is 1.94. The lowest BCUT2D eigenvalue weighted by atomic mass is 10.1. The van der Waals surface area contributed by atoms with Crippen molar-refractivity contribution >= 4 is 27.9 Å². The Hall–Kier alpha value is -1.76. The van der Waals surface area contributed by atoms with Crippen LogP contribution in [0.15, 0.2) is 22.7 Å². The van der Waals surface area contributed by atoms with Gasteiger partial charge in [-0.2, -0.15) is 0 Å². The third kappa shape index (κ3) is 5.48. The van der Waals surface area contributed by atoms with Crippen molar-refractivity contribution in [3.8, 4) is 5.75 Å². The second-order valence-electron chi connectivity index (χ2n) is 3.86. The zero-order valence-electron chi connectivity index (χ0n) is 11.4. The summed E-state index contributed by atoms with van der Waals surface area (Å²) in [5, 5.41) is 0. The van der Waals surface area contributed by atoms with Gasteiger partial charge in [-0.05, 0) is 47.0 Å². The molecule has 0 aliphatic heterocycles. The number of rotatable bonds is 5. The number of halogens is 1. The van der Waals surface area contributed by atoms with Gasteiger partial charge in [-0.1, -0.05) is 6.07 Å². The lowest BCUT2D eigenvalue weighted by Crippen LogP contribution is -2.42. The second-order valence-corrected chi connectivity index (χ2v) is 4.72. The summed E-state index contributed by atoms with van der Waals surface area (Å²) in [7, 11) is 1.59. The Morgan fingerprint density at radius 2 is 2.05 bits per heavy atom. The first-order valence-electron chi connectivity index (χ1n) is 6.10. The molecule has 0 bridgehead atoms. The molecule has 2 amide bonds. The minimum atomic E-state index is -0.673. The Morgan fingerprint density at radius 3 is 2.65 bits per heavy atom. The number of carbonyl (C=O) groups is 2. The zero-order chi connectivity index (χ0) is 15.0. The average Bonchev–Trinajstić information content (AvgIpc) is 2.43. The number of carbonyl (C=O) groups excluding carboxylic acids is 2. The minimum absolute atomic E-state index is 0.252. The Bertz CT molecular complexity index is 479. The van der Waals surface area contributed by atoms with Crippen LogP contribution < -0.4 is 15.6 Å². The van der Waals surface area contributed by atoms with Crippen LogP contribution >= 0.6 is 15.9 Å². The van der Waals surface area contributed by atoms with Gasteiger partial charge in [0.05, 0.1) is 18.2 Å². The highest BCUT2D eigenvalue weighted by atomic mass is 79.9. The number of hydrogen-bond donors (Lipinski definition) is 2. The Balaban J connectivity index is 2.37. The monoisotopic (exact) mass is 344 g/mol. The maximum atomic E-state index is 11.5. The van der Waals surface area contributed by atoms with Crippen LogP contribution in [-0.2, 0) is 16.0 Å². The Morgan fingerprint density at radius 1 is 1.30 bits per heavy atom. The van der Waals surface area contributed by atoms with Crippen LogP contribution in [0.3, 0.4) is 0 Å². The van der Waals surface area contributed by atoms with Crippen molar-refractivity contribution in [2.24, 2.45) is 0 Å². The molecule has 0 saturated heterocycles. The van der Waals surface area contributed by atoms with E-state index in [9.17, 15) is 9.59 Å². The van der Waals surface area contributed by atoms with E-state index < -0.39 is 6.09 Å². The summed E-state index contributed by atoms with van der Waals surface area (Å²) >= 11 is 3.38. The molecule has 0 aliphatic carbocycles. The van der Waals surface area contributed by atoms with Crippen LogP contribution in [0, 0.1) is 0 Å². The zero-order valence-corrected chi connectivity index (χ0v) is 13.0. The van der Waals surface area contributed by atoms with Crippen LogP contribution in [0.2, 0.25) is 0 Å². The fourth-order valence-electron chi connectivity index (χ4n) is 1.47. The molecule has 110 valence electrons. The van der Waals surface area contributed by atoms with Gasteiger partial charge < -0.3 is 9.47 Å². The van der Waals surface area contributed by atoms with Crippen LogP contribution in [0.5, 0.6) is 5.75 Å². The molecule has 0 atom stereocenters. The van der Waals surface area contributed by atoms with Gasteiger partial charge in [0, 0.05) is 6.42 Å². The van der Waals surface area contributed by atoms with Gasteiger partial charge in [0.2, 0.25) is 5.91 Å². The molecule has 0 heterocycles. The fourth-order valence-corrected chi connectivity index (χ4v) is 2.06. The molecule has 1 rings (SSSR count). The van der Waals surface area contributed by atoms with Gasteiger partial charge in [0.1, 0.15) is 5.75 Å². The van der Waals surface area contributed by atoms with E-state index in [1.807, 2.05) is 18.2 Å². The van der Waals surface area contributed by atoms with Crippen LogP contribution in [0.4, 0.5) is 4.79 Å². The van der Waals surface area contributed by atoms with E-state index in [0.29, 0.717) is 6.42 Å². The van der Waals surface area contributed by atoms with E-state index in [2.05, 4.69) is 31.5 Å². The molecule has 0 aromatic heterocycles. The molecule has 0 spiro atoms. The van der Waals surface area contributed by atoms with Gasteiger partial charge in [0.25, 0.3) is 0 Å². The van der Waals surface area contributed by atoms with Crippen molar-refractivity contribution in [1.29, 1.82) is 0 Å². The van der Waals surface area contributed by atoms with Crippen LogP contribution in [0.25, 0.3) is 0 Å². The fraction of sp³-hybridized carbons (Fsp3) is 0.385. The molecule has 0 fully saturated rings. The van der Waals surface area contributed by atoms with Gasteiger partial charge in [-0.15, -0.1) is 0 Å². The lowest BCUT2D eigenvalue weighted by molar-refractivity contribution is -0.121. The summed E-state index contributed by atoms with van der Waals surface area (Å²) in [4.78, 5) is 22.5. The van der Waals surface area contributed by atoms with Crippen molar-refractivity contribution in [2.75, 3.05) is 13.7 Å². The maximum absolute atomic E-state index is 11.5. The molecule has 0 saturated carbocycles. The van der Waals surface area contributed by atoms with E-state index in [0.717, 1.165) is 15.8 Å². The maximum Gasteiger partial charge on any atom is 0.426 e. The number of amides is 2. The largest absolute Gasteiger partial charge is 0.496 e. The van der Waals surface area contributed by atoms with Gasteiger partial charge in [-0.25, -0.2) is 10.2 Å².